The highest BCUT2D eigenvalue weighted by atomic mass is 32.2. The molecular weight excluding hydrogens is 412 g/mol. The molecule has 7 nitrogen and oxygen atoms in total. The van der Waals surface area contributed by atoms with Crippen LogP contribution in [0.3, 0.4) is 0 Å². The Morgan fingerprint density at radius 1 is 1.00 bits per heavy atom. The first-order valence-electron chi connectivity index (χ1n) is 10.3. The van der Waals surface area contributed by atoms with Crippen molar-refractivity contribution in [2.24, 2.45) is 0 Å². The van der Waals surface area contributed by atoms with E-state index in [0.717, 1.165) is 46.2 Å². The molecule has 2 N–H and O–H groups in total. The Labute approximate surface area is 188 Å². The van der Waals surface area contributed by atoms with E-state index in [2.05, 4.69) is 15.5 Å². The molecule has 0 radical (unpaired) electrons. The van der Waals surface area contributed by atoms with Gasteiger partial charge in [-0.25, -0.2) is 8.51 Å². The topological polar surface area (TPSA) is 73.9 Å². The molecule has 1 unspecified atom stereocenters. The molecule has 0 fully saturated rings. The maximum atomic E-state index is 13.0. The van der Waals surface area contributed by atoms with E-state index < -0.39 is 11.0 Å². The number of hydrogen-bond acceptors (Lipinski definition) is 5. The molecule has 0 saturated carbocycles. The van der Waals surface area contributed by atoms with Crippen LogP contribution < -0.4 is 15.4 Å². The zero-order chi connectivity index (χ0) is 23.0. The zero-order valence-corrected chi connectivity index (χ0v) is 20.1. The minimum Gasteiger partial charge on any atom is -0.497 e. The van der Waals surface area contributed by atoms with Gasteiger partial charge in [0, 0.05) is 44.5 Å². The largest absolute Gasteiger partial charge is 0.497 e. The van der Waals surface area contributed by atoms with Crippen LogP contribution in [0.5, 0.6) is 5.75 Å². The van der Waals surface area contributed by atoms with Gasteiger partial charge in [0.05, 0.1) is 12.0 Å². The van der Waals surface area contributed by atoms with E-state index >= 15 is 0 Å². The molecule has 170 valence electrons. The molecule has 31 heavy (non-hydrogen) atoms. The molecular formula is C23H34N4O3S. The van der Waals surface area contributed by atoms with Crippen molar-refractivity contribution in [2.75, 3.05) is 58.5 Å². The Balaban J connectivity index is 1.86. The van der Waals surface area contributed by atoms with Crippen LogP contribution in [0.2, 0.25) is 0 Å². The molecule has 0 aliphatic carbocycles. The highest BCUT2D eigenvalue weighted by molar-refractivity contribution is 7.82. The Morgan fingerprint density at radius 3 is 2.13 bits per heavy atom. The van der Waals surface area contributed by atoms with Crippen molar-refractivity contribution in [3.8, 4) is 5.75 Å². The number of nitrogens with one attached hydrogen (secondary N) is 2. The van der Waals surface area contributed by atoms with Crippen molar-refractivity contribution in [2.45, 2.75) is 25.2 Å². The summed E-state index contributed by atoms with van der Waals surface area (Å²) in [7, 11) is 6.10. The summed E-state index contributed by atoms with van der Waals surface area (Å²) >= 11 is 0. The van der Waals surface area contributed by atoms with Gasteiger partial charge in [0.1, 0.15) is 16.7 Å². The number of anilines is 2. The van der Waals surface area contributed by atoms with Crippen LogP contribution in [-0.2, 0) is 15.8 Å². The smallest absolute Gasteiger partial charge is 0.225 e. The average Bonchev–Trinajstić information content (AvgIpc) is 2.72. The third-order valence-corrected chi connectivity index (χ3v) is 6.58. The second kappa shape index (κ2) is 11.8. The molecule has 1 amide bonds. The Morgan fingerprint density at radius 2 is 1.58 bits per heavy atom. The number of carbonyl (C=O) groups excluding carboxylic acids is 1. The van der Waals surface area contributed by atoms with Crippen LogP contribution >= 0.6 is 0 Å². The molecule has 0 aromatic heterocycles. The van der Waals surface area contributed by atoms with Crippen molar-refractivity contribution in [1.82, 2.24) is 9.21 Å². The van der Waals surface area contributed by atoms with Gasteiger partial charge in [0.2, 0.25) is 5.91 Å². The van der Waals surface area contributed by atoms with Crippen molar-refractivity contribution in [3.05, 3.63) is 47.5 Å². The first-order valence-corrected chi connectivity index (χ1v) is 11.4. The Hall–Kier alpha value is -2.42. The number of ether oxygens (including phenoxy) is 1. The van der Waals surface area contributed by atoms with Crippen molar-refractivity contribution >= 4 is 28.3 Å². The van der Waals surface area contributed by atoms with Crippen LogP contribution in [0, 0.1) is 13.8 Å². The first kappa shape index (κ1) is 24.8. The molecule has 0 bridgehead atoms. The second-order valence-electron chi connectivity index (χ2n) is 7.80. The van der Waals surface area contributed by atoms with Gasteiger partial charge in [-0.3, -0.25) is 4.79 Å². The molecule has 0 spiro atoms. The summed E-state index contributed by atoms with van der Waals surface area (Å²) in [6.45, 7) is 6.02. The molecule has 0 aliphatic rings. The molecule has 2 aromatic rings. The summed E-state index contributed by atoms with van der Waals surface area (Å²) < 4.78 is 19.9. The fourth-order valence-electron chi connectivity index (χ4n) is 3.12. The van der Waals surface area contributed by atoms with Gasteiger partial charge in [-0.2, -0.15) is 0 Å². The number of rotatable bonds is 11. The summed E-state index contributed by atoms with van der Waals surface area (Å²) in [5.74, 6) is 0.636. The van der Waals surface area contributed by atoms with Crippen molar-refractivity contribution < 1.29 is 13.7 Å². The minimum atomic E-state index is -1.35. The van der Waals surface area contributed by atoms with Gasteiger partial charge in [-0.1, -0.05) is 0 Å². The lowest BCUT2D eigenvalue weighted by Gasteiger charge is -2.19. The number of carbonyl (C=O) groups is 1. The fraction of sp³-hybridized carbons (Fsp3) is 0.435. The predicted octanol–water partition coefficient (Wildman–Crippen LogP) is 3.27. The molecule has 1 atom stereocenters. The van der Waals surface area contributed by atoms with Gasteiger partial charge in [0.25, 0.3) is 0 Å². The minimum absolute atomic E-state index is 0.111. The molecule has 2 aromatic carbocycles. The van der Waals surface area contributed by atoms with Gasteiger partial charge in [-0.05, 0) is 75.5 Å². The standard InChI is InChI=1S/C23H34N4O3S/c1-17-15-21(30-6)16-18(2)23(17)31(29)27(5)13-11-22(28)25-20-9-7-19(8-10-20)24-12-14-26(3)4/h7-10,15-16,24H,11-14H2,1-6H3,(H,25,28). The Bertz CT molecular complexity index is 877. The number of methoxy groups -OCH3 is 1. The lowest BCUT2D eigenvalue weighted by Crippen LogP contribution is -2.27. The average molecular weight is 447 g/mol. The lowest BCUT2D eigenvalue weighted by molar-refractivity contribution is -0.116. The first-order chi connectivity index (χ1) is 14.7. The molecule has 8 heteroatoms. The predicted molar refractivity (Wildman–Crippen MR) is 128 cm³/mol. The van der Waals surface area contributed by atoms with Gasteiger partial charge < -0.3 is 20.3 Å². The van der Waals surface area contributed by atoms with Crippen LogP contribution in [-0.4, -0.2) is 67.2 Å². The molecule has 2 rings (SSSR count). The SMILES string of the molecule is COc1cc(C)c(S(=O)N(C)CCC(=O)Nc2ccc(NCCN(C)C)cc2)c(C)c1. The number of benzene rings is 2. The summed E-state index contributed by atoms with van der Waals surface area (Å²) in [6, 6.07) is 11.4. The number of amides is 1. The molecule has 0 saturated heterocycles. The third-order valence-electron chi connectivity index (χ3n) is 4.84. The summed E-state index contributed by atoms with van der Waals surface area (Å²) in [6.07, 6.45) is 0.249. The summed E-state index contributed by atoms with van der Waals surface area (Å²) in [5.41, 5.74) is 3.57. The van der Waals surface area contributed by atoms with Crippen molar-refractivity contribution in [1.29, 1.82) is 0 Å². The Kier molecular flexibility index (Phi) is 9.48. The number of hydrogen-bond donors (Lipinski definition) is 2. The van der Waals surface area contributed by atoms with Gasteiger partial charge >= 0.3 is 0 Å². The molecule has 0 aliphatic heterocycles. The third kappa shape index (κ3) is 7.65. The van der Waals surface area contributed by atoms with Gasteiger partial charge in [0.15, 0.2) is 0 Å². The van der Waals surface area contributed by atoms with E-state index in [1.807, 2.05) is 64.3 Å². The van der Waals surface area contributed by atoms with E-state index in [1.54, 1.807) is 18.5 Å². The highest BCUT2D eigenvalue weighted by Crippen LogP contribution is 2.25. The molecule has 0 heterocycles. The van der Waals surface area contributed by atoms with Crippen LogP contribution in [0.15, 0.2) is 41.3 Å². The maximum Gasteiger partial charge on any atom is 0.225 e. The van der Waals surface area contributed by atoms with E-state index in [-0.39, 0.29) is 12.3 Å². The van der Waals surface area contributed by atoms with E-state index in [9.17, 15) is 9.00 Å². The lowest BCUT2D eigenvalue weighted by atomic mass is 10.1. The van der Waals surface area contributed by atoms with Crippen molar-refractivity contribution in [3.63, 3.8) is 0 Å². The number of likely N-dealkylation sites (N-methyl/N-ethyl adjacent to an activating group) is 1. The summed E-state index contributed by atoms with van der Waals surface area (Å²) in [4.78, 5) is 15.2. The fourth-order valence-corrected chi connectivity index (χ4v) is 4.36. The van der Waals surface area contributed by atoms with E-state index in [1.165, 1.54) is 0 Å². The van der Waals surface area contributed by atoms with Crippen LogP contribution in [0.25, 0.3) is 0 Å². The monoisotopic (exact) mass is 446 g/mol. The van der Waals surface area contributed by atoms with Gasteiger partial charge in [-0.15, -0.1) is 0 Å². The summed E-state index contributed by atoms with van der Waals surface area (Å²) in [5, 5.41) is 6.24. The zero-order valence-electron chi connectivity index (χ0n) is 19.3. The quantitative estimate of drug-likeness (QED) is 0.554. The van der Waals surface area contributed by atoms with Crippen LogP contribution in [0.1, 0.15) is 17.5 Å². The number of aryl methyl sites for hydroxylation is 2. The second-order valence-corrected chi connectivity index (χ2v) is 9.33. The van der Waals surface area contributed by atoms with Crippen LogP contribution in [0.4, 0.5) is 11.4 Å². The normalized spacial score (nSPS) is 12.1. The van der Waals surface area contributed by atoms with E-state index in [0.29, 0.717) is 6.54 Å². The highest BCUT2D eigenvalue weighted by Gasteiger charge is 2.18. The maximum absolute atomic E-state index is 13.0. The number of nitrogens with zero attached hydrogens (tertiary/aromatic N) is 2. The van der Waals surface area contributed by atoms with E-state index in [4.69, 9.17) is 4.74 Å².